The second kappa shape index (κ2) is 4.85. The fraction of sp³-hybridized carbons (Fsp3) is 0.125. The van der Waals surface area contributed by atoms with Gasteiger partial charge in [0, 0.05) is 22.5 Å². The number of rotatable bonds is 0. The van der Waals surface area contributed by atoms with Crippen LogP contribution in [0.3, 0.4) is 0 Å². The van der Waals surface area contributed by atoms with Crippen LogP contribution in [-0.4, -0.2) is 0 Å². The first kappa shape index (κ1) is 12.1. The average molecular weight is 236 g/mol. The van der Waals surface area contributed by atoms with Crippen molar-refractivity contribution < 1.29 is 0 Å². The summed E-state index contributed by atoms with van der Waals surface area (Å²) < 4.78 is 0. The fourth-order valence-electron chi connectivity index (χ4n) is 1.69. The Morgan fingerprint density at radius 1 is 0.722 bits per heavy atom. The second-order valence-electron chi connectivity index (χ2n) is 4.43. The van der Waals surface area contributed by atoms with Crippen LogP contribution < -0.4 is 11.5 Å². The Hall–Kier alpha value is -2.40. The Morgan fingerprint density at radius 3 is 1.50 bits per heavy atom. The molecule has 0 bridgehead atoms. The van der Waals surface area contributed by atoms with Gasteiger partial charge in [-0.25, -0.2) is 0 Å². The lowest BCUT2D eigenvalue weighted by Crippen LogP contribution is -1.92. The van der Waals surface area contributed by atoms with Gasteiger partial charge in [-0.15, -0.1) is 0 Å². The molecule has 2 aromatic rings. The van der Waals surface area contributed by atoms with Crippen molar-refractivity contribution in [2.75, 3.05) is 11.5 Å². The molecule has 0 atom stereocenters. The van der Waals surface area contributed by atoms with Crippen molar-refractivity contribution >= 4 is 11.4 Å². The number of hydrogen-bond acceptors (Lipinski definition) is 2. The number of benzene rings is 2. The highest BCUT2D eigenvalue weighted by Gasteiger charge is 1.97. The van der Waals surface area contributed by atoms with Gasteiger partial charge in [0.15, 0.2) is 0 Å². The molecule has 2 rings (SSSR count). The van der Waals surface area contributed by atoms with Gasteiger partial charge in [-0.3, -0.25) is 0 Å². The van der Waals surface area contributed by atoms with Crippen molar-refractivity contribution in [3.8, 4) is 11.8 Å². The number of hydrogen-bond donors (Lipinski definition) is 2. The minimum Gasteiger partial charge on any atom is -0.398 e. The first-order chi connectivity index (χ1) is 8.56. The molecular formula is C16H16N2. The standard InChI is InChI=1S/C16H16N2/c1-11-3-7-15(17)13(9-11)5-6-14-10-12(2)4-8-16(14)18/h3-4,7-10H,17-18H2,1-2H3. The molecule has 2 aromatic carbocycles. The van der Waals surface area contributed by atoms with Crippen LogP contribution in [0.1, 0.15) is 22.3 Å². The lowest BCUT2D eigenvalue weighted by atomic mass is 10.1. The molecule has 0 radical (unpaired) electrons. The van der Waals surface area contributed by atoms with E-state index in [9.17, 15) is 0 Å². The Kier molecular flexibility index (Phi) is 3.25. The molecule has 0 saturated carbocycles. The van der Waals surface area contributed by atoms with Crippen LogP contribution in [0.5, 0.6) is 0 Å². The van der Waals surface area contributed by atoms with Crippen LogP contribution in [0.2, 0.25) is 0 Å². The summed E-state index contributed by atoms with van der Waals surface area (Å²) in [5.41, 5.74) is 17.1. The third kappa shape index (κ3) is 2.64. The first-order valence-electron chi connectivity index (χ1n) is 5.80. The first-order valence-corrected chi connectivity index (χ1v) is 5.80. The molecule has 0 saturated heterocycles. The molecule has 0 aliphatic heterocycles. The van der Waals surface area contributed by atoms with Gasteiger partial charge in [-0.1, -0.05) is 24.0 Å². The third-order valence-electron chi connectivity index (χ3n) is 2.75. The van der Waals surface area contributed by atoms with Gasteiger partial charge in [-0.05, 0) is 49.2 Å². The molecular weight excluding hydrogens is 220 g/mol. The Labute approximate surface area is 108 Å². The Morgan fingerprint density at radius 2 is 1.11 bits per heavy atom. The van der Waals surface area contributed by atoms with E-state index in [-0.39, 0.29) is 0 Å². The van der Waals surface area contributed by atoms with Gasteiger partial charge in [0.2, 0.25) is 0 Å². The topological polar surface area (TPSA) is 52.0 Å². The molecule has 90 valence electrons. The van der Waals surface area contributed by atoms with E-state index in [1.165, 1.54) is 0 Å². The summed E-state index contributed by atoms with van der Waals surface area (Å²) in [6.07, 6.45) is 0. The van der Waals surface area contributed by atoms with Crippen molar-refractivity contribution in [2.45, 2.75) is 13.8 Å². The SMILES string of the molecule is Cc1ccc(N)c(C#Cc2cc(C)ccc2N)c1. The summed E-state index contributed by atoms with van der Waals surface area (Å²) in [6.45, 7) is 4.04. The normalized spacial score (nSPS) is 9.67. The zero-order valence-electron chi connectivity index (χ0n) is 10.6. The van der Waals surface area contributed by atoms with Crippen LogP contribution in [-0.2, 0) is 0 Å². The van der Waals surface area contributed by atoms with Crippen LogP contribution in [0.4, 0.5) is 11.4 Å². The highest BCUT2D eigenvalue weighted by atomic mass is 14.6. The minimum absolute atomic E-state index is 0.694. The smallest absolute Gasteiger partial charge is 0.0481 e. The summed E-state index contributed by atoms with van der Waals surface area (Å²) in [5.74, 6) is 6.17. The quantitative estimate of drug-likeness (QED) is 0.546. The van der Waals surface area contributed by atoms with E-state index in [0.29, 0.717) is 11.4 Å². The van der Waals surface area contributed by atoms with Gasteiger partial charge >= 0.3 is 0 Å². The van der Waals surface area contributed by atoms with Crippen molar-refractivity contribution in [3.63, 3.8) is 0 Å². The molecule has 0 aromatic heterocycles. The molecule has 0 amide bonds. The monoisotopic (exact) mass is 236 g/mol. The van der Waals surface area contributed by atoms with Crippen LogP contribution in [0, 0.1) is 25.7 Å². The highest BCUT2D eigenvalue weighted by Crippen LogP contribution is 2.15. The zero-order valence-corrected chi connectivity index (χ0v) is 10.6. The van der Waals surface area contributed by atoms with Gasteiger partial charge in [0.1, 0.15) is 0 Å². The van der Waals surface area contributed by atoms with E-state index in [0.717, 1.165) is 22.3 Å². The summed E-state index contributed by atoms with van der Waals surface area (Å²) in [4.78, 5) is 0. The molecule has 2 heteroatoms. The third-order valence-corrected chi connectivity index (χ3v) is 2.75. The number of nitrogen functional groups attached to an aromatic ring is 2. The summed E-state index contributed by atoms with van der Waals surface area (Å²) >= 11 is 0. The predicted molar refractivity (Wildman–Crippen MR) is 77.2 cm³/mol. The van der Waals surface area contributed by atoms with Gasteiger partial charge in [0.25, 0.3) is 0 Å². The lowest BCUT2D eigenvalue weighted by Gasteiger charge is -2.01. The van der Waals surface area contributed by atoms with Crippen LogP contribution in [0.25, 0.3) is 0 Å². The maximum Gasteiger partial charge on any atom is 0.0481 e. The minimum atomic E-state index is 0.694. The van der Waals surface area contributed by atoms with Crippen LogP contribution >= 0.6 is 0 Å². The number of anilines is 2. The number of nitrogens with two attached hydrogens (primary N) is 2. The average Bonchev–Trinajstić information content (AvgIpc) is 2.34. The second-order valence-corrected chi connectivity index (χ2v) is 4.43. The molecule has 0 spiro atoms. The van der Waals surface area contributed by atoms with Crippen molar-refractivity contribution in [1.82, 2.24) is 0 Å². The van der Waals surface area contributed by atoms with Crippen molar-refractivity contribution in [2.24, 2.45) is 0 Å². The van der Waals surface area contributed by atoms with Gasteiger partial charge in [0.05, 0.1) is 0 Å². The summed E-state index contributed by atoms with van der Waals surface area (Å²) in [6, 6.07) is 11.7. The van der Waals surface area contributed by atoms with Crippen molar-refractivity contribution in [1.29, 1.82) is 0 Å². The van der Waals surface area contributed by atoms with E-state index in [1.54, 1.807) is 0 Å². The number of aryl methyl sites for hydroxylation is 2. The molecule has 0 heterocycles. The molecule has 0 aliphatic carbocycles. The lowest BCUT2D eigenvalue weighted by molar-refractivity contribution is 1.45. The van der Waals surface area contributed by atoms with Gasteiger partial charge < -0.3 is 11.5 Å². The largest absolute Gasteiger partial charge is 0.398 e. The van der Waals surface area contributed by atoms with Gasteiger partial charge in [-0.2, -0.15) is 0 Å². The maximum atomic E-state index is 5.89. The molecule has 18 heavy (non-hydrogen) atoms. The fourth-order valence-corrected chi connectivity index (χ4v) is 1.69. The Bertz CT molecular complexity index is 590. The van der Waals surface area contributed by atoms with E-state index in [2.05, 4.69) is 11.8 Å². The van der Waals surface area contributed by atoms with E-state index >= 15 is 0 Å². The summed E-state index contributed by atoms with van der Waals surface area (Å²) in [5, 5.41) is 0. The Balaban J connectivity index is 2.42. The van der Waals surface area contributed by atoms with Crippen molar-refractivity contribution in [3.05, 3.63) is 58.7 Å². The molecule has 4 N–H and O–H groups in total. The van der Waals surface area contributed by atoms with E-state index < -0.39 is 0 Å². The van der Waals surface area contributed by atoms with E-state index in [4.69, 9.17) is 11.5 Å². The molecule has 2 nitrogen and oxygen atoms in total. The maximum absolute atomic E-state index is 5.89. The molecule has 0 aliphatic rings. The predicted octanol–water partition coefficient (Wildman–Crippen LogP) is 2.87. The van der Waals surface area contributed by atoms with E-state index in [1.807, 2.05) is 50.2 Å². The van der Waals surface area contributed by atoms with Crippen LogP contribution in [0.15, 0.2) is 36.4 Å². The summed E-state index contributed by atoms with van der Waals surface area (Å²) in [7, 11) is 0. The zero-order chi connectivity index (χ0) is 13.1. The molecule has 0 fully saturated rings. The highest BCUT2D eigenvalue weighted by molar-refractivity contribution is 5.62. The molecule has 0 unspecified atom stereocenters.